The van der Waals surface area contributed by atoms with Crippen LogP contribution in [0, 0.1) is 12.7 Å². The molecule has 0 saturated carbocycles. The molecular weight excluding hydrogens is 387 g/mol. The SMILES string of the molecule is CCOC(=O)c1ccc(NC(=O)CN(c2ccc(F)cc2)S(C)(=O)=O)c(C)c1. The smallest absolute Gasteiger partial charge is 0.338 e. The van der Waals surface area contributed by atoms with Crippen molar-refractivity contribution in [1.82, 2.24) is 0 Å². The zero-order chi connectivity index (χ0) is 20.9. The van der Waals surface area contributed by atoms with Crippen LogP contribution in [-0.4, -0.2) is 39.7 Å². The molecule has 0 radical (unpaired) electrons. The Morgan fingerprint density at radius 2 is 1.79 bits per heavy atom. The van der Waals surface area contributed by atoms with Crippen LogP contribution in [0.3, 0.4) is 0 Å². The lowest BCUT2D eigenvalue weighted by atomic mass is 10.1. The summed E-state index contributed by atoms with van der Waals surface area (Å²) in [5.74, 6) is -1.57. The molecule has 0 aliphatic carbocycles. The lowest BCUT2D eigenvalue weighted by Gasteiger charge is -2.22. The fraction of sp³-hybridized carbons (Fsp3) is 0.263. The van der Waals surface area contributed by atoms with Gasteiger partial charge in [0.1, 0.15) is 12.4 Å². The van der Waals surface area contributed by atoms with Crippen LogP contribution in [-0.2, 0) is 19.6 Å². The number of carbonyl (C=O) groups is 2. The summed E-state index contributed by atoms with van der Waals surface area (Å²) in [6, 6.07) is 9.42. The van der Waals surface area contributed by atoms with Crippen LogP contribution in [0.5, 0.6) is 0 Å². The Balaban J connectivity index is 2.17. The Labute approximate surface area is 163 Å². The van der Waals surface area contributed by atoms with Crippen molar-refractivity contribution in [3.8, 4) is 0 Å². The van der Waals surface area contributed by atoms with Gasteiger partial charge in [0, 0.05) is 5.69 Å². The van der Waals surface area contributed by atoms with Gasteiger partial charge in [0.15, 0.2) is 0 Å². The number of nitrogens with zero attached hydrogens (tertiary/aromatic N) is 1. The average molecular weight is 408 g/mol. The van der Waals surface area contributed by atoms with Crippen LogP contribution in [0.4, 0.5) is 15.8 Å². The van der Waals surface area contributed by atoms with Gasteiger partial charge >= 0.3 is 5.97 Å². The normalized spacial score (nSPS) is 11.0. The molecule has 9 heteroatoms. The summed E-state index contributed by atoms with van der Waals surface area (Å²) < 4.78 is 43.0. The van der Waals surface area contributed by atoms with E-state index in [0.717, 1.165) is 22.7 Å². The fourth-order valence-electron chi connectivity index (χ4n) is 2.47. The van der Waals surface area contributed by atoms with E-state index in [-0.39, 0.29) is 12.3 Å². The number of halogens is 1. The number of rotatable bonds is 7. The molecule has 0 heterocycles. The van der Waals surface area contributed by atoms with Gasteiger partial charge in [0.2, 0.25) is 15.9 Å². The summed E-state index contributed by atoms with van der Waals surface area (Å²) in [6.07, 6.45) is 0.961. The van der Waals surface area contributed by atoms with Crippen molar-refractivity contribution in [2.45, 2.75) is 13.8 Å². The van der Waals surface area contributed by atoms with Gasteiger partial charge in [0.05, 0.1) is 24.1 Å². The maximum atomic E-state index is 13.1. The molecule has 0 spiro atoms. The van der Waals surface area contributed by atoms with Gasteiger partial charge in [-0.05, 0) is 61.9 Å². The Morgan fingerprint density at radius 1 is 1.14 bits per heavy atom. The van der Waals surface area contributed by atoms with E-state index >= 15 is 0 Å². The maximum Gasteiger partial charge on any atom is 0.338 e. The van der Waals surface area contributed by atoms with Gasteiger partial charge in [-0.1, -0.05) is 0 Å². The number of sulfonamides is 1. The highest BCUT2D eigenvalue weighted by Crippen LogP contribution is 2.20. The second-order valence-electron chi connectivity index (χ2n) is 6.04. The fourth-order valence-corrected chi connectivity index (χ4v) is 3.33. The molecular formula is C19H21FN2O5S. The molecule has 0 atom stereocenters. The third kappa shape index (κ3) is 5.53. The number of hydrogen-bond acceptors (Lipinski definition) is 5. The van der Waals surface area contributed by atoms with E-state index in [4.69, 9.17) is 4.74 Å². The highest BCUT2D eigenvalue weighted by molar-refractivity contribution is 7.92. The number of nitrogens with one attached hydrogen (secondary N) is 1. The summed E-state index contributed by atoms with van der Waals surface area (Å²) in [4.78, 5) is 24.2. The molecule has 7 nitrogen and oxygen atoms in total. The molecule has 28 heavy (non-hydrogen) atoms. The first-order valence-corrected chi connectivity index (χ1v) is 10.3. The van der Waals surface area contributed by atoms with E-state index in [9.17, 15) is 22.4 Å². The van der Waals surface area contributed by atoms with Crippen LogP contribution in [0.2, 0.25) is 0 Å². The molecule has 0 bridgehead atoms. The van der Waals surface area contributed by atoms with Gasteiger partial charge in [-0.15, -0.1) is 0 Å². The third-order valence-electron chi connectivity index (χ3n) is 3.81. The lowest BCUT2D eigenvalue weighted by Crippen LogP contribution is -2.37. The number of amides is 1. The monoisotopic (exact) mass is 408 g/mol. The first kappa shape index (κ1) is 21.4. The molecule has 0 saturated heterocycles. The highest BCUT2D eigenvalue weighted by atomic mass is 32.2. The zero-order valence-corrected chi connectivity index (χ0v) is 16.5. The van der Waals surface area contributed by atoms with Crippen LogP contribution in [0.25, 0.3) is 0 Å². The van der Waals surface area contributed by atoms with Crippen LogP contribution >= 0.6 is 0 Å². The molecule has 2 aromatic rings. The van der Waals surface area contributed by atoms with E-state index in [1.54, 1.807) is 26.0 Å². The first-order chi connectivity index (χ1) is 13.1. The summed E-state index contributed by atoms with van der Waals surface area (Å²) >= 11 is 0. The molecule has 0 fully saturated rings. The minimum absolute atomic E-state index is 0.174. The number of carbonyl (C=O) groups excluding carboxylic acids is 2. The number of aryl methyl sites for hydroxylation is 1. The van der Waals surface area contributed by atoms with Gasteiger partial charge in [0.25, 0.3) is 0 Å². The number of hydrogen-bond donors (Lipinski definition) is 1. The number of benzene rings is 2. The van der Waals surface area contributed by atoms with Crippen molar-refractivity contribution in [1.29, 1.82) is 0 Å². The third-order valence-corrected chi connectivity index (χ3v) is 4.95. The number of ether oxygens (including phenoxy) is 1. The number of anilines is 2. The minimum Gasteiger partial charge on any atom is -0.462 e. The van der Waals surface area contributed by atoms with Gasteiger partial charge in [-0.25, -0.2) is 17.6 Å². The van der Waals surface area contributed by atoms with E-state index in [1.807, 2.05) is 0 Å². The van der Waals surface area contributed by atoms with Crippen LogP contribution in [0.15, 0.2) is 42.5 Å². The Kier molecular flexibility index (Phi) is 6.74. The largest absolute Gasteiger partial charge is 0.462 e. The molecule has 2 rings (SSSR count). The van der Waals surface area contributed by atoms with Crippen molar-refractivity contribution < 1.29 is 27.1 Å². The molecule has 0 aliphatic heterocycles. The van der Waals surface area contributed by atoms with E-state index in [0.29, 0.717) is 16.8 Å². The average Bonchev–Trinajstić information content (AvgIpc) is 2.61. The molecule has 0 aromatic heterocycles. The second kappa shape index (κ2) is 8.83. The van der Waals surface area contributed by atoms with Crippen molar-refractivity contribution in [3.05, 3.63) is 59.4 Å². The van der Waals surface area contributed by atoms with Gasteiger partial charge in [-0.3, -0.25) is 9.10 Å². The molecule has 1 N–H and O–H groups in total. The predicted molar refractivity (Wildman–Crippen MR) is 104 cm³/mol. The van der Waals surface area contributed by atoms with Crippen molar-refractivity contribution in [3.63, 3.8) is 0 Å². The maximum absolute atomic E-state index is 13.1. The summed E-state index contributed by atoms with van der Waals surface area (Å²) in [5.41, 5.74) is 1.58. The minimum atomic E-state index is -3.76. The molecule has 1 amide bonds. The lowest BCUT2D eigenvalue weighted by molar-refractivity contribution is -0.114. The van der Waals surface area contributed by atoms with Crippen molar-refractivity contribution in [2.24, 2.45) is 0 Å². The van der Waals surface area contributed by atoms with Crippen molar-refractivity contribution >= 4 is 33.3 Å². The molecule has 0 aliphatic rings. The second-order valence-corrected chi connectivity index (χ2v) is 7.95. The van der Waals surface area contributed by atoms with Gasteiger partial charge in [-0.2, -0.15) is 0 Å². The Hall–Kier alpha value is -2.94. The van der Waals surface area contributed by atoms with E-state index < -0.39 is 34.3 Å². The summed E-state index contributed by atoms with van der Waals surface area (Å²) in [7, 11) is -3.76. The molecule has 2 aromatic carbocycles. The topological polar surface area (TPSA) is 92.8 Å². The zero-order valence-electron chi connectivity index (χ0n) is 15.7. The highest BCUT2D eigenvalue weighted by Gasteiger charge is 2.21. The van der Waals surface area contributed by atoms with E-state index in [1.165, 1.54) is 18.2 Å². The summed E-state index contributed by atoms with van der Waals surface area (Å²) in [5, 5.41) is 2.62. The summed E-state index contributed by atoms with van der Waals surface area (Å²) in [6.45, 7) is 3.17. The standard InChI is InChI=1S/C19H21FN2O5S/c1-4-27-19(24)14-5-10-17(13(2)11-14)21-18(23)12-22(28(3,25)26)16-8-6-15(20)7-9-16/h5-11H,4,12H2,1-3H3,(H,21,23). The predicted octanol–water partition coefficient (Wildman–Crippen LogP) is 2.72. The Morgan fingerprint density at radius 3 is 2.32 bits per heavy atom. The quantitative estimate of drug-likeness (QED) is 0.711. The number of esters is 1. The van der Waals surface area contributed by atoms with Gasteiger partial charge < -0.3 is 10.1 Å². The van der Waals surface area contributed by atoms with Crippen LogP contribution in [0.1, 0.15) is 22.8 Å². The van der Waals surface area contributed by atoms with Crippen LogP contribution < -0.4 is 9.62 Å². The van der Waals surface area contributed by atoms with Crippen molar-refractivity contribution in [2.75, 3.05) is 29.0 Å². The first-order valence-electron chi connectivity index (χ1n) is 8.42. The Bertz CT molecular complexity index is 974. The van der Waals surface area contributed by atoms with E-state index in [2.05, 4.69) is 5.32 Å². The molecule has 0 unspecified atom stereocenters. The molecule has 150 valence electrons.